The van der Waals surface area contributed by atoms with Gasteiger partial charge in [-0.15, -0.1) is 0 Å². The fourth-order valence-electron chi connectivity index (χ4n) is 2.62. The van der Waals surface area contributed by atoms with Crippen LogP contribution >= 0.6 is 0 Å². The number of hydrogen-bond acceptors (Lipinski definition) is 5. The van der Waals surface area contributed by atoms with E-state index in [-0.39, 0.29) is 17.1 Å². The number of benzene rings is 2. The van der Waals surface area contributed by atoms with Gasteiger partial charge in [0.05, 0.1) is 21.9 Å². The normalized spacial score (nSPS) is 12.2. The first-order valence-corrected chi connectivity index (χ1v) is 11.8. The van der Waals surface area contributed by atoms with Crippen LogP contribution in [0.15, 0.2) is 59.5 Å². The van der Waals surface area contributed by atoms with E-state index in [1.807, 2.05) is 19.1 Å². The molecule has 3 aromatic rings. The average molecular weight is 405 g/mol. The Kier molecular flexibility index (Phi) is 5.21. The lowest BCUT2D eigenvalue weighted by Crippen LogP contribution is -2.13. The monoisotopic (exact) mass is 404 g/mol. The highest BCUT2D eigenvalue weighted by atomic mass is 32.2. The van der Waals surface area contributed by atoms with Crippen LogP contribution in [0, 0.1) is 6.92 Å². The lowest BCUT2D eigenvalue weighted by atomic mass is 10.1. The maximum atomic E-state index is 12.7. The number of aromatic nitrogens is 1. The van der Waals surface area contributed by atoms with Crippen molar-refractivity contribution < 1.29 is 16.8 Å². The van der Waals surface area contributed by atoms with Crippen molar-refractivity contribution >= 4 is 36.5 Å². The van der Waals surface area contributed by atoms with Crippen molar-refractivity contribution in [1.29, 1.82) is 0 Å². The quantitative estimate of drug-likeness (QED) is 0.682. The van der Waals surface area contributed by atoms with Crippen LogP contribution in [0.4, 0.5) is 5.69 Å². The van der Waals surface area contributed by atoms with Gasteiger partial charge in [-0.25, -0.2) is 16.8 Å². The lowest BCUT2D eigenvalue weighted by Gasteiger charge is -2.11. The minimum Gasteiger partial charge on any atom is -0.277 e. The summed E-state index contributed by atoms with van der Waals surface area (Å²) in [6, 6.07) is 15.3. The van der Waals surface area contributed by atoms with Crippen LogP contribution < -0.4 is 4.72 Å². The number of nitrogens with zero attached hydrogens (tertiary/aromatic N) is 1. The zero-order valence-electron chi connectivity index (χ0n) is 15.0. The van der Waals surface area contributed by atoms with Gasteiger partial charge >= 0.3 is 0 Å². The summed E-state index contributed by atoms with van der Waals surface area (Å²) in [7, 11) is -6.86. The number of aryl methyl sites for hydroxylation is 2. The van der Waals surface area contributed by atoms with Crippen LogP contribution in [-0.4, -0.2) is 33.8 Å². The van der Waals surface area contributed by atoms with Crippen LogP contribution in [-0.2, 0) is 26.3 Å². The van der Waals surface area contributed by atoms with Crippen molar-refractivity contribution in [2.75, 3.05) is 16.7 Å². The highest BCUT2D eigenvalue weighted by Gasteiger charge is 2.16. The molecule has 1 N–H and O–H groups in total. The Bertz CT molecular complexity index is 1190. The molecule has 0 radical (unpaired) electrons. The van der Waals surface area contributed by atoms with E-state index in [1.54, 1.807) is 42.5 Å². The van der Waals surface area contributed by atoms with Crippen LogP contribution in [0.25, 0.3) is 10.9 Å². The third-order valence-corrected chi connectivity index (χ3v) is 6.41. The topological polar surface area (TPSA) is 93.2 Å². The second-order valence-corrected chi connectivity index (χ2v) is 10.4. The number of para-hydroxylation sites is 1. The molecule has 0 aliphatic heterocycles. The van der Waals surface area contributed by atoms with Gasteiger partial charge in [-0.05, 0) is 31.2 Å². The molecule has 0 aliphatic rings. The Labute approximate surface area is 159 Å². The van der Waals surface area contributed by atoms with Crippen molar-refractivity contribution in [1.82, 2.24) is 4.98 Å². The molecule has 142 valence electrons. The standard InChI is InChI=1S/C19H20N2O4S2/c1-14-6-10-17(11-7-14)27(24,25)21-18-5-3-4-15-8-9-16(20-19(15)18)12-13-26(2,22)23/h3-11,21H,12-13H2,1-2H3. The van der Waals surface area contributed by atoms with E-state index in [4.69, 9.17) is 0 Å². The summed E-state index contributed by atoms with van der Waals surface area (Å²) in [5.74, 6) is -0.0111. The van der Waals surface area contributed by atoms with E-state index in [0.717, 1.165) is 10.9 Å². The van der Waals surface area contributed by atoms with Gasteiger partial charge < -0.3 is 0 Å². The molecule has 0 saturated carbocycles. The summed E-state index contributed by atoms with van der Waals surface area (Å²) in [4.78, 5) is 4.64. The summed E-state index contributed by atoms with van der Waals surface area (Å²) >= 11 is 0. The highest BCUT2D eigenvalue weighted by molar-refractivity contribution is 7.92. The highest BCUT2D eigenvalue weighted by Crippen LogP contribution is 2.25. The third-order valence-electron chi connectivity index (χ3n) is 4.08. The van der Waals surface area contributed by atoms with Gasteiger partial charge in [0, 0.05) is 23.8 Å². The van der Waals surface area contributed by atoms with Crippen molar-refractivity contribution in [3.05, 3.63) is 65.9 Å². The molecule has 0 spiro atoms. The smallest absolute Gasteiger partial charge is 0.261 e. The summed E-state index contributed by atoms with van der Waals surface area (Å²) in [6.45, 7) is 1.89. The van der Waals surface area contributed by atoms with E-state index in [2.05, 4.69) is 9.71 Å². The first-order valence-electron chi connectivity index (χ1n) is 8.30. The van der Waals surface area contributed by atoms with Gasteiger partial charge in [-0.3, -0.25) is 9.71 Å². The summed E-state index contributed by atoms with van der Waals surface area (Å²) in [6.07, 6.45) is 1.45. The SMILES string of the molecule is Cc1ccc(S(=O)(=O)Nc2cccc3ccc(CCS(C)(=O)=O)nc23)cc1. The Morgan fingerprint density at radius 2 is 1.63 bits per heavy atom. The molecule has 0 bridgehead atoms. The molecule has 27 heavy (non-hydrogen) atoms. The van der Waals surface area contributed by atoms with Gasteiger partial charge in [0.2, 0.25) is 0 Å². The van der Waals surface area contributed by atoms with E-state index in [9.17, 15) is 16.8 Å². The molecule has 1 aromatic heterocycles. The van der Waals surface area contributed by atoms with Gasteiger partial charge in [0.25, 0.3) is 10.0 Å². The average Bonchev–Trinajstić information content (AvgIpc) is 2.60. The summed E-state index contributed by atoms with van der Waals surface area (Å²) < 4.78 is 50.7. The molecular weight excluding hydrogens is 384 g/mol. The second-order valence-electron chi connectivity index (χ2n) is 6.48. The van der Waals surface area contributed by atoms with Crippen molar-refractivity contribution in [3.8, 4) is 0 Å². The van der Waals surface area contributed by atoms with Gasteiger partial charge in [0.1, 0.15) is 9.84 Å². The molecule has 0 saturated heterocycles. The Morgan fingerprint density at radius 1 is 0.926 bits per heavy atom. The van der Waals surface area contributed by atoms with Crippen LogP contribution in [0.5, 0.6) is 0 Å². The fourth-order valence-corrected chi connectivity index (χ4v) is 4.27. The molecule has 0 fully saturated rings. The number of sulfone groups is 1. The Hall–Kier alpha value is -2.45. The molecule has 0 aliphatic carbocycles. The summed E-state index contributed by atoms with van der Waals surface area (Å²) in [5.41, 5.74) is 2.40. The molecular formula is C19H20N2O4S2. The maximum absolute atomic E-state index is 12.7. The minimum atomic E-state index is -3.76. The second kappa shape index (κ2) is 7.28. The predicted octanol–water partition coefficient (Wildman–Crippen LogP) is 2.93. The van der Waals surface area contributed by atoms with Crippen molar-refractivity contribution in [3.63, 3.8) is 0 Å². The summed E-state index contributed by atoms with van der Waals surface area (Å²) in [5, 5.41) is 0.766. The number of anilines is 1. The van der Waals surface area contributed by atoms with E-state index < -0.39 is 19.9 Å². The Morgan fingerprint density at radius 3 is 2.30 bits per heavy atom. The molecule has 0 amide bonds. The van der Waals surface area contributed by atoms with E-state index in [1.165, 1.54) is 6.26 Å². The number of sulfonamides is 1. The van der Waals surface area contributed by atoms with E-state index >= 15 is 0 Å². The molecule has 8 heteroatoms. The van der Waals surface area contributed by atoms with Gasteiger partial charge in [0.15, 0.2) is 0 Å². The van der Waals surface area contributed by atoms with Crippen molar-refractivity contribution in [2.45, 2.75) is 18.2 Å². The molecule has 6 nitrogen and oxygen atoms in total. The van der Waals surface area contributed by atoms with Crippen LogP contribution in [0.2, 0.25) is 0 Å². The largest absolute Gasteiger partial charge is 0.277 e. The van der Waals surface area contributed by atoms with Crippen LogP contribution in [0.1, 0.15) is 11.3 Å². The number of fused-ring (bicyclic) bond motifs is 1. The first-order chi connectivity index (χ1) is 12.6. The fraction of sp³-hybridized carbons (Fsp3) is 0.211. The molecule has 2 aromatic carbocycles. The van der Waals surface area contributed by atoms with Crippen molar-refractivity contribution in [2.24, 2.45) is 0 Å². The van der Waals surface area contributed by atoms with Gasteiger partial charge in [-0.1, -0.05) is 35.9 Å². The number of pyridine rings is 1. The minimum absolute atomic E-state index is 0.0111. The molecule has 3 rings (SSSR count). The molecule has 0 atom stereocenters. The van der Waals surface area contributed by atoms with E-state index in [0.29, 0.717) is 16.9 Å². The first kappa shape index (κ1) is 19.3. The molecule has 0 unspecified atom stereocenters. The number of rotatable bonds is 6. The predicted molar refractivity (Wildman–Crippen MR) is 107 cm³/mol. The van der Waals surface area contributed by atoms with Gasteiger partial charge in [-0.2, -0.15) is 0 Å². The number of nitrogens with one attached hydrogen (secondary N) is 1. The Balaban J connectivity index is 1.97. The third kappa shape index (κ3) is 4.84. The van der Waals surface area contributed by atoms with Crippen LogP contribution in [0.3, 0.4) is 0 Å². The molecule has 1 heterocycles. The zero-order chi connectivity index (χ0) is 19.7. The lowest BCUT2D eigenvalue weighted by molar-refractivity contribution is 0.599. The number of hydrogen-bond donors (Lipinski definition) is 1. The zero-order valence-corrected chi connectivity index (χ0v) is 16.6. The maximum Gasteiger partial charge on any atom is 0.261 e.